The molecule has 0 saturated heterocycles. The maximum absolute atomic E-state index is 13.6. The number of carbonyl (C=O) groups is 2. The first-order chi connectivity index (χ1) is 35.3. The quantitative estimate of drug-likeness (QED) is 0.0948. The summed E-state index contributed by atoms with van der Waals surface area (Å²) in [6.45, 7) is 2.01. The van der Waals surface area contributed by atoms with Gasteiger partial charge in [0.15, 0.2) is 11.6 Å². The number of benzene rings is 10. The average molecular weight is 955 g/mol. The van der Waals surface area contributed by atoms with Crippen LogP contribution in [0.25, 0.3) is 11.1 Å². The lowest BCUT2D eigenvalue weighted by Gasteiger charge is -2.34. The number of ether oxygens (including phenoxy) is 4. The number of rotatable bonds is 15. The molecule has 0 spiro atoms. The van der Waals surface area contributed by atoms with Crippen LogP contribution in [0.4, 0.5) is 0 Å². The minimum absolute atomic E-state index is 0.0265. The van der Waals surface area contributed by atoms with Gasteiger partial charge in [0.05, 0.1) is 12.5 Å². The van der Waals surface area contributed by atoms with Gasteiger partial charge in [-0.2, -0.15) is 0 Å². The molecule has 10 aromatic carbocycles. The van der Waals surface area contributed by atoms with E-state index >= 15 is 0 Å². The van der Waals surface area contributed by atoms with E-state index in [0.717, 1.165) is 32.2 Å². The molecule has 6 nitrogen and oxygen atoms in total. The molecule has 0 heterocycles. The molecule has 0 saturated carbocycles. The van der Waals surface area contributed by atoms with E-state index in [2.05, 4.69) is 72.8 Å². The summed E-state index contributed by atoms with van der Waals surface area (Å²) in [7, 11) is 1.66. The summed E-state index contributed by atoms with van der Waals surface area (Å²) in [4.78, 5) is 28.9. The maximum Gasteiger partial charge on any atom is 0.193 e. The van der Waals surface area contributed by atoms with Crippen molar-refractivity contribution in [1.29, 1.82) is 0 Å². The molecule has 0 aromatic heterocycles. The van der Waals surface area contributed by atoms with E-state index in [9.17, 15) is 9.59 Å². The molecule has 0 fully saturated rings. The number of aryl methyl sites for hydroxylation is 1. The zero-order chi connectivity index (χ0) is 49.0. The second kappa shape index (κ2) is 19.8. The van der Waals surface area contributed by atoms with E-state index in [1.165, 1.54) is 22.3 Å². The molecule has 348 valence electrons. The van der Waals surface area contributed by atoms with E-state index in [0.29, 0.717) is 56.8 Å². The van der Waals surface area contributed by atoms with Crippen LogP contribution in [-0.4, -0.2) is 18.7 Å². The molecule has 0 unspecified atom stereocenters. The predicted molar refractivity (Wildman–Crippen MR) is 285 cm³/mol. The summed E-state index contributed by atoms with van der Waals surface area (Å²) in [5, 5.41) is 0. The van der Waals surface area contributed by atoms with Crippen LogP contribution >= 0.6 is 11.8 Å². The van der Waals surface area contributed by atoms with Crippen LogP contribution in [0.3, 0.4) is 0 Å². The fraction of sp³-hybridized carbons (Fsp3) is 0.0462. The van der Waals surface area contributed by atoms with E-state index in [1.807, 2.05) is 140 Å². The normalized spacial score (nSPS) is 12.0. The summed E-state index contributed by atoms with van der Waals surface area (Å²) in [6.07, 6.45) is 0. The van der Waals surface area contributed by atoms with Crippen LogP contribution in [0, 0.1) is 6.92 Å². The highest BCUT2D eigenvalue weighted by Gasteiger charge is 2.46. The SMILES string of the molecule is COc1ccc(Sc2ccc(Oc3ccc(C(=O)c4ccc(Oc5ccc(C6(c7ccc(Oc8ccc(C(=O)c9ccc(C)cc9)cc8)cc7)c7ccccc7-c7ccccc76)cc5)cc4)cc3)cc2)cc1. The molecule has 0 bridgehead atoms. The Labute approximate surface area is 423 Å². The van der Waals surface area contributed by atoms with Gasteiger partial charge in [-0.25, -0.2) is 0 Å². The highest BCUT2D eigenvalue weighted by molar-refractivity contribution is 7.99. The topological polar surface area (TPSA) is 71.1 Å². The fourth-order valence-electron chi connectivity index (χ4n) is 9.39. The van der Waals surface area contributed by atoms with Gasteiger partial charge in [0.1, 0.15) is 40.2 Å². The zero-order valence-electron chi connectivity index (χ0n) is 39.5. The van der Waals surface area contributed by atoms with Crippen molar-refractivity contribution in [3.63, 3.8) is 0 Å². The van der Waals surface area contributed by atoms with E-state index in [-0.39, 0.29) is 11.6 Å². The second-order valence-electron chi connectivity index (χ2n) is 17.5. The molecule has 1 aliphatic carbocycles. The third-order valence-corrected chi connectivity index (χ3v) is 14.0. The number of hydrogen-bond acceptors (Lipinski definition) is 7. The van der Waals surface area contributed by atoms with Crippen molar-refractivity contribution in [2.75, 3.05) is 7.11 Å². The monoisotopic (exact) mass is 954 g/mol. The van der Waals surface area contributed by atoms with Crippen LogP contribution < -0.4 is 18.9 Å². The lowest BCUT2D eigenvalue weighted by molar-refractivity contribution is 0.103. The van der Waals surface area contributed by atoms with E-state index in [4.69, 9.17) is 18.9 Å². The lowest BCUT2D eigenvalue weighted by atomic mass is 9.68. The van der Waals surface area contributed by atoms with Crippen molar-refractivity contribution in [2.45, 2.75) is 22.1 Å². The number of methoxy groups -OCH3 is 1. The maximum atomic E-state index is 13.6. The van der Waals surface area contributed by atoms with Crippen molar-refractivity contribution < 1.29 is 28.5 Å². The number of fused-ring (bicyclic) bond motifs is 3. The highest BCUT2D eigenvalue weighted by Crippen LogP contribution is 2.56. The Morgan fingerprint density at radius 1 is 0.347 bits per heavy atom. The summed E-state index contributed by atoms with van der Waals surface area (Å²) in [5.74, 6) is 4.66. The van der Waals surface area contributed by atoms with Gasteiger partial charge in [0.25, 0.3) is 0 Å². The van der Waals surface area contributed by atoms with Crippen molar-refractivity contribution in [3.05, 3.63) is 293 Å². The Kier molecular flexibility index (Phi) is 12.5. The van der Waals surface area contributed by atoms with E-state index in [1.54, 1.807) is 55.3 Å². The molecule has 1 aliphatic rings. The molecule has 10 aromatic rings. The van der Waals surface area contributed by atoms with Gasteiger partial charge in [-0.1, -0.05) is 114 Å². The first-order valence-electron chi connectivity index (χ1n) is 23.6. The van der Waals surface area contributed by atoms with Crippen LogP contribution in [-0.2, 0) is 5.41 Å². The number of carbonyl (C=O) groups excluding carboxylic acids is 2. The Hall–Kier alpha value is -8.91. The molecule has 0 amide bonds. The molecule has 72 heavy (non-hydrogen) atoms. The minimum atomic E-state index is -0.627. The minimum Gasteiger partial charge on any atom is -0.497 e. The van der Waals surface area contributed by atoms with Crippen molar-refractivity contribution in [1.82, 2.24) is 0 Å². The smallest absolute Gasteiger partial charge is 0.193 e. The van der Waals surface area contributed by atoms with Gasteiger partial charge in [-0.05, 0) is 186 Å². The summed E-state index contributed by atoms with van der Waals surface area (Å²) in [5.41, 5.74) is 9.79. The van der Waals surface area contributed by atoms with Crippen LogP contribution in [0.2, 0.25) is 0 Å². The van der Waals surface area contributed by atoms with Gasteiger partial charge >= 0.3 is 0 Å². The average Bonchev–Trinajstić information content (AvgIpc) is 3.73. The van der Waals surface area contributed by atoms with Gasteiger partial charge in [-0.3, -0.25) is 9.59 Å². The first kappa shape index (κ1) is 45.5. The molecule has 0 aliphatic heterocycles. The third kappa shape index (κ3) is 9.17. The summed E-state index contributed by atoms with van der Waals surface area (Å²) >= 11 is 1.66. The highest BCUT2D eigenvalue weighted by atomic mass is 32.2. The Balaban J connectivity index is 0.774. The molecule has 7 heteroatoms. The van der Waals surface area contributed by atoms with Gasteiger partial charge in [-0.15, -0.1) is 0 Å². The molecule has 0 radical (unpaired) electrons. The lowest BCUT2D eigenvalue weighted by Crippen LogP contribution is -2.28. The van der Waals surface area contributed by atoms with Gasteiger partial charge in [0, 0.05) is 32.0 Å². The first-order valence-corrected chi connectivity index (χ1v) is 24.4. The van der Waals surface area contributed by atoms with Crippen LogP contribution in [0.15, 0.2) is 252 Å². The van der Waals surface area contributed by atoms with Crippen molar-refractivity contribution in [2.24, 2.45) is 0 Å². The van der Waals surface area contributed by atoms with Crippen molar-refractivity contribution in [3.8, 4) is 51.4 Å². The van der Waals surface area contributed by atoms with Crippen molar-refractivity contribution >= 4 is 23.3 Å². The molecule has 0 atom stereocenters. The van der Waals surface area contributed by atoms with Crippen LogP contribution in [0.5, 0.6) is 40.2 Å². The Bertz CT molecular complexity index is 3490. The summed E-state index contributed by atoms with van der Waals surface area (Å²) in [6, 6.07) is 79.0. The third-order valence-electron chi connectivity index (χ3n) is 13.0. The number of hydrogen-bond donors (Lipinski definition) is 0. The molecule has 11 rings (SSSR count). The molecular formula is C65H46O6S. The Morgan fingerprint density at radius 3 is 0.986 bits per heavy atom. The van der Waals surface area contributed by atoms with E-state index < -0.39 is 5.41 Å². The fourth-order valence-corrected chi connectivity index (χ4v) is 10.2. The standard InChI is InChI=1S/C65H46O6S/c1-43-11-13-44(14-12-43)63(66)45-15-25-51(26-16-45)69-54-31-21-48(22-32-54)65(61-9-5-3-7-59(61)60-8-4-6-10-62(60)65)49-23-33-55(34-24-49)70-52-27-17-46(18-28-52)64(67)47-19-29-53(30-20-47)71-56-37-41-58(42-38-56)72-57-39-35-50(68-2)36-40-57/h3-42H,1-2H3. The second-order valence-corrected chi connectivity index (χ2v) is 18.7. The molecular weight excluding hydrogens is 909 g/mol. The molecule has 0 N–H and O–H groups in total. The predicted octanol–water partition coefficient (Wildman–Crippen LogP) is 16.4. The van der Waals surface area contributed by atoms with Gasteiger partial charge in [0.2, 0.25) is 0 Å². The number of ketones is 2. The van der Waals surface area contributed by atoms with Gasteiger partial charge < -0.3 is 18.9 Å². The zero-order valence-corrected chi connectivity index (χ0v) is 40.3. The van der Waals surface area contributed by atoms with Crippen LogP contribution in [0.1, 0.15) is 59.7 Å². The summed E-state index contributed by atoms with van der Waals surface area (Å²) < 4.78 is 24.1. The Morgan fingerprint density at radius 2 is 0.639 bits per heavy atom. The largest absolute Gasteiger partial charge is 0.497 e.